The van der Waals surface area contributed by atoms with E-state index in [0.717, 1.165) is 96.4 Å². The van der Waals surface area contributed by atoms with E-state index >= 15 is 0 Å². The van der Waals surface area contributed by atoms with Crippen LogP contribution in [0, 0.1) is 11.9 Å². The highest BCUT2D eigenvalue weighted by atomic mass is 19.1. The van der Waals surface area contributed by atoms with Gasteiger partial charge in [0.05, 0.1) is 62.7 Å². The zero-order valence-corrected chi connectivity index (χ0v) is 34.0. The van der Waals surface area contributed by atoms with Crippen LogP contribution in [0.2, 0.25) is 0 Å². The number of carbonyl (C=O) groups is 2. The molecule has 2 aliphatic rings. The van der Waals surface area contributed by atoms with Gasteiger partial charge in [0.15, 0.2) is 0 Å². The Labute approximate surface area is 347 Å². The number of benzene rings is 2. The summed E-state index contributed by atoms with van der Waals surface area (Å²) in [5.74, 6) is -1.06. The predicted molar refractivity (Wildman–Crippen MR) is 223 cm³/mol. The number of hydrogen-bond donors (Lipinski definition) is 0. The summed E-state index contributed by atoms with van der Waals surface area (Å²) in [4.78, 5) is 46.7. The van der Waals surface area contributed by atoms with Gasteiger partial charge in [-0.2, -0.15) is 18.7 Å². The van der Waals surface area contributed by atoms with Gasteiger partial charge in [0.2, 0.25) is 23.7 Å². The van der Waals surface area contributed by atoms with Crippen molar-refractivity contribution in [3.63, 3.8) is 0 Å². The van der Waals surface area contributed by atoms with Gasteiger partial charge >= 0.3 is 12.0 Å². The summed E-state index contributed by atoms with van der Waals surface area (Å²) < 4.78 is 50.5. The van der Waals surface area contributed by atoms with Crippen LogP contribution in [0.3, 0.4) is 0 Å². The molecule has 60 heavy (non-hydrogen) atoms. The number of carbonyl (C=O) groups excluding carboxylic acids is 2. The van der Waals surface area contributed by atoms with Crippen molar-refractivity contribution in [2.45, 2.75) is 51.4 Å². The van der Waals surface area contributed by atoms with Crippen LogP contribution < -0.4 is 19.3 Å². The lowest BCUT2D eigenvalue weighted by atomic mass is 10.1. The summed E-state index contributed by atoms with van der Waals surface area (Å²) >= 11 is 0. The molecule has 0 radical (unpaired) electrons. The number of imidazole rings is 2. The molecule has 6 aromatic rings. The van der Waals surface area contributed by atoms with Crippen molar-refractivity contribution in [3.05, 3.63) is 96.1 Å². The van der Waals surface area contributed by atoms with E-state index in [4.69, 9.17) is 18.9 Å². The number of unbranched alkanes of at least 4 members (excludes halogenated alkanes) is 2. The highest BCUT2D eigenvalue weighted by molar-refractivity contribution is 5.94. The van der Waals surface area contributed by atoms with Crippen molar-refractivity contribution < 1.29 is 37.3 Å². The van der Waals surface area contributed by atoms with Gasteiger partial charge in [-0.3, -0.25) is 9.59 Å². The number of pyridine rings is 2. The number of hydrogen-bond acceptors (Lipinski definition) is 12. The Morgan fingerprint density at radius 3 is 1.58 bits per heavy atom. The van der Waals surface area contributed by atoms with Gasteiger partial charge in [-0.15, -0.1) is 0 Å². The van der Waals surface area contributed by atoms with Gasteiger partial charge < -0.3 is 28.7 Å². The van der Waals surface area contributed by atoms with Crippen LogP contribution in [0.15, 0.2) is 73.1 Å². The summed E-state index contributed by atoms with van der Waals surface area (Å²) in [6, 6.07) is 18.6. The Balaban J connectivity index is 0.000000181. The second-order valence-electron chi connectivity index (χ2n) is 14.6. The predicted octanol–water partition coefficient (Wildman–Crippen LogP) is 6.94. The number of aryl methyl sites for hydroxylation is 2. The number of anilines is 2. The van der Waals surface area contributed by atoms with E-state index in [9.17, 15) is 18.4 Å². The molecule has 16 heteroatoms. The maximum atomic E-state index is 13.0. The molecule has 2 saturated heterocycles. The van der Waals surface area contributed by atoms with Crippen LogP contribution in [-0.2, 0) is 22.3 Å². The molecule has 0 spiro atoms. The lowest BCUT2D eigenvalue weighted by molar-refractivity contribution is 0.0884. The summed E-state index contributed by atoms with van der Waals surface area (Å²) in [6.07, 6.45) is 8.39. The SMILES string of the molecule is COc1nc2cc(N3CCOCC3)ccc2n1C(=O)CCCCc1ccc(F)nc1.COc1nc2ccc(N3CCOCC3)cc2n1C(=O)CCCCc1ccc(F)nc1. The van der Waals surface area contributed by atoms with E-state index in [1.807, 2.05) is 36.4 Å². The number of nitrogens with zero attached hydrogens (tertiary/aromatic N) is 8. The fraction of sp³-hybridized carbons (Fsp3) is 0.409. The number of methoxy groups -OCH3 is 2. The molecule has 0 amide bonds. The third-order valence-corrected chi connectivity index (χ3v) is 10.6. The molecular formula is C44H50F2N8O6. The monoisotopic (exact) mass is 824 g/mol. The third-order valence-electron chi connectivity index (χ3n) is 10.6. The number of ether oxygens (including phenoxy) is 4. The van der Waals surface area contributed by atoms with E-state index in [1.165, 1.54) is 38.7 Å². The molecule has 0 aliphatic carbocycles. The Morgan fingerprint density at radius 2 is 1.08 bits per heavy atom. The average molecular weight is 825 g/mol. The molecule has 0 atom stereocenters. The number of aromatic nitrogens is 6. The second-order valence-corrected chi connectivity index (χ2v) is 14.6. The Hall–Kier alpha value is -6.00. The molecule has 0 N–H and O–H groups in total. The van der Waals surface area contributed by atoms with Crippen molar-refractivity contribution in [1.82, 2.24) is 29.1 Å². The van der Waals surface area contributed by atoms with Crippen molar-refractivity contribution >= 4 is 45.3 Å². The maximum Gasteiger partial charge on any atom is 0.304 e. The molecule has 8 rings (SSSR count). The molecule has 2 aliphatic heterocycles. The summed E-state index contributed by atoms with van der Waals surface area (Å²) in [5.41, 5.74) is 7.01. The summed E-state index contributed by atoms with van der Waals surface area (Å²) in [5, 5.41) is 0. The van der Waals surface area contributed by atoms with E-state index < -0.39 is 11.9 Å². The summed E-state index contributed by atoms with van der Waals surface area (Å²) in [7, 11) is 3.05. The van der Waals surface area contributed by atoms with Gasteiger partial charge in [-0.1, -0.05) is 12.1 Å². The molecule has 2 fully saturated rings. The fourth-order valence-corrected chi connectivity index (χ4v) is 7.42. The third kappa shape index (κ3) is 10.4. The maximum absolute atomic E-state index is 13.0. The van der Waals surface area contributed by atoms with Crippen LogP contribution in [0.25, 0.3) is 22.1 Å². The largest absolute Gasteiger partial charge is 0.468 e. The first-order valence-corrected chi connectivity index (χ1v) is 20.4. The average Bonchev–Trinajstić information content (AvgIpc) is 3.86. The Morgan fingerprint density at radius 1 is 0.600 bits per heavy atom. The number of fused-ring (bicyclic) bond motifs is 2. The molecule has 316 valence electrons. The van der Waals surface area contributed by atoms with E-state index in [2.05, 4.69) is 29.7 Å². The molecule has 4 aromatic heterocycles. The van der Waals surface area contributed by atoms with Gasteiger partial charge in [0, 0.05) is 62.8 Å². The van der Waals surface area contributed by atoms with Crippen LogP contribution >= 0.6 is 0 Å². The van der Waals surface area contributed by atoms with E-state index in [-0.39, 0.29) is 11.8 Å². The normalized spacial score (nSPS) is 14.3. The smallest absolute Gasteiger partial charge is 0.304 e. The minimum Gasteiger partial charge on any atom is -0.468 e. The molecular weight excluding hydrogens is 775 g/mol. The van der Waals surface area contributed by atoms with Crippen molar-refractivity contribution in [3.8, 4) is 12.0 Å². The first-order chi connectivity index (χ1) is 29.3. The molecule has 0 bridgehead atoms. The molecule has 14 nitrogen and oxygen atoms in total. The van der Waals surface area contributed by atoms with Crippen LogP contribution in [0.5, 0.6) is 12.0 Å². The molecule has 0 saturated carbocycles. The summed E-state index contributed by atoms with van der Waals surface area (Å²) in [6.45, 7) is 6.14. The van der Waals surface area contributed by atoms with Gasteiger partial charge in [0.1, 0.15) is 0 Å². The fourth-order valence-electron chi connectivity index (χ4n) is 7.42. The first-order valence-electron chi connectivity index (χ1n) is 20.4. The van der Waals surface area contributed by atoms with Crippen molar-refractivity contribution in [2.75, 3.05) is 76.6 Å². The van der Waals surface area contributed by atoms with Crippen molar-refractivity contribution in [2.24, 2.45) is 0 Å². The van der Waals surface area contributed by atoms with Crippen LogP contribution in [0.4, 0.5) is 20.2 Å². The number of morpholine rings is 2. The van der Waals surface area contributed by atoms with Gasteiger partial charge in [-0.25, -0.2) is 19.1 Å². The van der Waals surface area contributed by atoms with Crippen LogP contribution in [-0.4, -0.2) is 108 Å². The zero-order chi connectivity index (χ0) is 41.8. The minimum absolute atomic E-state index is 0.0503. The molecule has 2 aromatic carbocycles. The molecule has 0 unspecified atom stereocenters. The van der Waals surface area contributed by atoms with Crippen LogP contribution in [0.1, 0.15) is 59.2 Å². The van der Waals surface area contributed by atoms with Gasteiger partial charge in [0.25, 0.3) is 0 Å². The highest BCUT2D eigenvalue weighted by Gasteiger charge is 2.21. The second kappa shape index (κ2) is 20.3. The quantitative estimate of drug-likeness (QED) is 0.0831. The topological polar surface area (TPSA) is 139 Å². The first kappa shape index (κ1) is 42.1. The standard InChI is InChI=1S/2C22H25FN4O3/c1-29-22-25-18-14-17(26-10-12-30-13-11-26)7-8-19(18)27(22)21(28)5-3-2-4-16-6-9-20(23)24-15-16;1-29-22-25-18-8-7-17(26-10-12-30-13-11-26)14-19(18)27(22)21(28)5-3-2-4-16-6-9-20(23)24-15-16/h2*6-9,14-15H,2-5,10-13H2,1H3. The zero-order valence-electron chi connectivity index (χ0n) is 34.0. The molecule has 6 heterocycles. The Kier molecular flexibility index (Phi) is 14.3. The highest BCUT2D eigenvalue weighted by Crippen LogP contribution is 2.29. The van der Waals surface area contributed by atoms with E-state index in [0.29, 0.717) is 64.1 Å². The van der Waals surface area contributed by atoms with E-state index in [1.54, 1.807) is 21.3 Å². The van der Waals surface area contributed by atoms with Crippen molar-refractivity contribution in [1.29, 1.82) is 0 Å². The number of halogens is 2. The lowest BCUT2D eigenvalue weighted by Crippen LogP contribution is -2.36. The Bertz CT molecular complexity index is 2360. The minimum atomic E-state index is -0.482. The number of rotatable bonds is 14. The van der Waals surface area contributed by atoms with Gasteiger partial charge in [-0.05, 0) is 98.2 Å². The lowest BCUT2D eigenvalue weighted by Gasteiger charge is -2.28.